The van der Waals surface area contributed by atoms with E-state index in [0.717, 1.165) is 64.4 Å². The van der Waals surface area contributed by atoms with Crippen LogP contribution >= 0.6 is 0 Å². The van der Waals surface area contributed by atoms with Gasteiger partial charge in [-0.25, -0.2) is 4.98 Å². The van der Waals surface area contributed by atoms with E-state index in [1.807, 2.05) is 79.7 Å². The number of nitrogens with one attached hydrogen (secondary N) is 1. The molecule has 54 heavy (non-hydrogen) atoms. The zero-order chi connectivity index (χ0) is 38.4. The van der Waals surface area contributed by atoms with Crippen LogP contribution in [0.4, 0.5) is 26.3 Å². The molecule has 0 saturated heterocycles. The number of hydrazone groups is 2. The maximum absolute atomic E-state index is 12.8. The van der Waals surface area contributed by atoms with Crippen molar-refractivity contribution in [2.45, 2.75) is 51.9 Å². The molecular formula is C41H38F6N6O. The van der Waals surface area contributed by atoms with E-state index in [0.29, 0.717) is 31.9 Å². The lowest BCUT2D eigenvalue weighted by Gasteiger charge is -2.19. The summed E-state index contributed by atoms with van der Waals surface area (Å²) < 4.78 is 82.0. The van der Waals surface area contributed by atoms with Gasteiger partial charge in [-0.05, 0) is 58.7 Å². The molecule has 0 aliphatic carbocycles. The van der Waals surface area contributed by atoms with Crippen LogP contribution < -0.4 is 0 Å². The topological polar surface area (TPSA) is 73.0 Å². The fraction of sp³-hybridized carbons (Fsp3) is 0.195. The molecule has 0 atom stereocenters. The van der Waals surface area contributed by atoms with Gasteiger partial charge in [0.1, 0.15) is 11.5 Å². The molecule has 0 fully saturated rings. The number of benzene rings is 4. The first kappa shape index (κ1) is 39.1. The van der Waals surface area contributed by atoms with E-state index in [4.69, 9.17) is 4.42 Å². The van der Waals surface area contributed by atoms with E-state index in [-0.39, 0.29) is 0 Å². The largest absolute Gasteiger partial charge is 0.460 e. The SMILES string of the molecule is CCc1ccc(C=NN(Cc2ccccc2)Cc2ccc(C(F)(F)F)cc2)o1.FC(F)(F)c1ccc(CN(Cc2ccccc2)N=Cc2cnc[nH]2)cc1. The Balaban J connectivity index is 0.000000208. The van der Waals surface area contributed by atoms with Crippen molar-refractivity contribution in [2.75, 3.05) is 0 Å². The zero-order valence-electron chi connectivity index (χ0n) is 29.3. The Kier molecular flexibility index (Phi) is 13.5. The Morgan fingerprint density at radius 2 is 1.04 bits per heavy atom. The highest BCUT2D eigenvalue weighted by Crippen LogP contribution is 2.30. The van der Waals surface area contributed by atoms with Gasteiger partial charge in [0.2, 0.25) is 0 Å². The van der Waals surface area contributed by atoms with E-state index >= 15 is 0 Å². The first-order chi connectivity index (χ1) is 25.9. The summed E-state index contributed by atoms with van der Waals surface area (Å²) in [6, 6.07) is 33.6. The molecule has 0 bridgehead atoms. The summed E-state index contributed by atoms with van der Waals surface area (Å²) in [4.78, 5) is 6.86. The predicted molar refractivity (Wildman–Crippen MR) is 196 cm³/mol. The maximum atomic E-state index is 12.8. The van der Waals surface area contributed by atoms with Crippen LogP contribution in [0.2, 0.25) is 0 Å². The molecule has 0 spiro atoms. The second kappa shape index (κ2) is 18.6. The third-order valence-corrected chi connectivity index (χ3v) is 7.97. The highest BCUT2D eigenvalue weighted by molar-refractivity contribution is 5.76. The molecule has 280 valence electrons. The predicted octanol–water partition coefficient (Wildman–Crippen LogP) is 10.4. The number of aromatic nitrogens is 2. The van der Waals surface area contributed by atoms with Gasteiger partial charge in [0.05, 0.1) is 68.0 Å². The van der Waals surface area contributed by atoms with Gasteiger partial charge in [-0.1, -0.05) is 91.9 Å². The molecular weight excluding hydrogens is 706 g/mol. The molecule has 2 heterocycles. The van der Waals surface area contributed by atoms with Crippen molar-refractivity contribution in [3.63, 3.8) is 0 Å². The van der Waals surface area contributed by atoms with Crippen molar-refractivity contribution in [1.82, 2.24) is 20.0 Å². The molecule has 7 nitrogen and oxygen atoms in total. The van der Waals surface area contributed by atoms with Crippen molar-refractivity contribution in [2.24, 2.45) is 10.2 Å². The summed E-state index contributed by atoms with van der Waals surface area (Å²) in [6.07, 6.45) is -1.40. The Hall–Kier alpha value is -6.11. The molecule has 4 aromatic carbocycles. The van der Waals surface area contributed by atoms with Crippen LogP contribution in [-0.2, 0) is 45.0 Å². The van der Waals surface area contributed by atoms with Crippen LogP contribution in [0, 0.1) is 0 Å². The van der Waals surface area contributed by atoms with Gasteiger partial charge < -0.3 is 9.40 Å². The first-order valence-electron chi connectivity index (χ1n) is 17.0. The fourth-order valence-corrected chi connectivity index (χ4v) is 5.16. The standard InChI is InChI=1S/C22H21F3N2O.C19H17F3N4/c1-2-20-12-13-21(28-20)14-26-27(15-17-6-4-3-5-7-17)16-18-8-10-19(11-9-18)22(23,24)25;20-19(21,22)17-8-6-16(7-9-17)13-26(12-15-4-2-1-3-5-15)25-11-18-10-23-14-24-18/h3-14H,2,15-16H2,1H3;1-11,14H,12-13H2,(H,23,24). The molecule has 13 heteroatoms. The smallest absolute Gasteiger partial charge is 0.416 e. The molecule has 0 aliphatic rings. The van der Waals surface area contributed by atoms with Crippen molar-refractivity contribution in [1.29, 1.82) is 0 Å². The summed E-state index contributed by atoms with van der Waals surface area (Å²) in [6.45, 7) is 3.83. The van der Waals surface area contributed by atoms with Crippen LogP contribution in [0.3, 0.4) is 0 Å². The monoisotopic (exact) mass is 744 g/mol. The van der Waals surface area contributed by atoms with Crippen molar-refractivity contribution in [3.05, 3.63) is 184 Å². The third-order valence-electron chi connectivity index (χ3n) is 7.97. The second-order valence-electron chi connectivity index (χ2n) is 12.2. The maximum Gasteiger partial charge on any atom is 0.416 e. The summed E-state index contributed by atoms with van der Waals surface area (Å²) in [5.74, 6) is 1.51. The Labute approximate surface area is 309 Å². The number of aromatic amines is 1. The Morgan fingerprint density at radius 1 is 0.593 bits per heavy atom. The number of aryl methyl sites for hydroxylation is 1. The minimum Gasteiger partial charge on any atom is -0.460 e. The lowest BCUT2D eigenvalue weighted by atomic mass is 10.1. The van der Waals surface area contributed by atoms with Gasteiger partial charge >= 0.3 is 12.4 Å². The van der Waals surface area contributed by atoms with Gasteiger partial charge in [0, 0.05) is 6.42 Å². The van der Waals surface area contributed by atoms with E-state index < -0.39 is 23.5 Å². The van der Waals surface area contributed by atoms with Gasteiger partial charge in [-0.2, -0.15) is 36.5 Å². The number of halogens is 6. The Bertz CT molecular complexity index is 2020. The molecule has 0 unspecified atom stereocenters. The minimum absolute atomic E-state index is 0.380. The zero-order valence-corrected chi connectivity index (χ0v) is 29.3. The molecule has 6 aromatic rings. The number of imidazole rings is 1. The number of hydrogen-bond acceptors (Lipinski definition) is 6. The first-order valence-corrected chi connectivity index (χ1v) is 17.0. The number of hydrogen-bond donors (Lipinski definition) is 1. The van der Waals surface area contributed by atoms with Gasteiger partial charge in [-0.15, -0.1) is 0 Å². The van der Waals surface area contributed by atoms with E-state index in [1.165, 1.54) is 24.3 Å². The summed E-state index contributed by atoms with van der Waals surface area (Å²) in [5.41, 5.74) is 3.04. The highest BCUT2D eigenvalue weighted by atomic mass is 19.4. The number of rotatable bonds is 13. The van der Waals surface area contributed by atoms with Crippen molar-refractivity contribution < 1.29 is 30.8 Å². The van der Waals surface area contributed by atoms with Crippen LogP contribution in [0.15, 0.2) is 148 Å². The lowest BCUT2D eigenvalue weighted by molar-refractivity contribution is -0.138. The summed E-state index contributed by atoms with van der Waals surface area (Å²) >= 11 is 0. The van der Waals surface area contributed by atoms with Gasteiger partial charge in [0.15, 0.2) is 0 Å². The lowest BCUT2D eigenvalue weighted by Crippen LogP contribution is -2.17. The molecule has 0 saturated carbocycles. The molecule has 0 aliphatic heterocycles. The van der Waals surface area contributed by atoms with E-state index in [1.54, 1.807) is 35.0 Å². The Morgan fingerprint density at radius 3 is 1.43 bits per heavy atom. The van der Waals surface area contributed by atoms with Crippen LogP contribution in [0.5, 0.6) is 0 Å². The highest BCUT2D eigenvalue weighted by Gasteiger charge is 2.30. The average Bonchev–Trinajstić information content (AvgIpc) is 3.86. The van der Waals surface area contributed by atoms with Crippen molar-refractivity contribution >= 4 is 12.4 Å². The molecule has 0 radical (unpaired) electrons. The van der Waals surface area contributed by atoms with Gasteiger partial charge in [0.25, 0.3) is 0 Å². The molecule has 6 rings (SSSR count). The summed E-state index contributed by atoms with van der Waals surface area (Å²) in [7, 11) is 0. The molecule has 2 aromatic heterocycles. The van der Waals surface area contributed by atoms with Crippen LogP contribution in [0.1, 0.15) is 57.5 Å². The summed E-state index contributed by atoms with van der Waals surface area (Å²) in [5, 5.41) is 12.5. The third kappa shape index (κ3) is 12.5. The number of nitrogens with zero attached hydrogens (tertiary/aromatic N) is 5. The quantitative estimate of drug-likeness (QED) is 0.0726. The second-order valence-corrected chi connectivity index (χ2v) is 12.2. The number of furan rings is 1. The average molecular weight is 745 g/mol. The number of H-pyrrole nitrogens is 1. The van der Waals surface area contributed by atoms with E-state index in [2.05, 4.69) is 20.2 Å². The fourth-order valence-electron chi connectivity index (χ4n) is 5.16. The number of alkyl halides is 6. The van der Waals surface area contributed by atoms with Crippen molar-refractivity contribution in [3.8, 4) is 0 Å². The molecule has 1 N–H and O–H groups in total. The normalized spacial score (nSPS) is 11.8. The van der Waals surface area contributed by atoms with Crippen LogP contribution in [0.25, 0.3) is 0 Å². The van der Waals surface area contributed by atoms with E-state index in [9.17, 15) is 26.3 Å². The van der Waals surface area contributed by atoms with Gasteiger partial charge in [-0.3, -0.25) is 10.0 Å². The molecule has 0 amide bonds. The van der Waals surface area contributed by atoms with Crippen LogP contribution in [-0.4, -0.2) is 32.4 Å². The minimum atomic E-state index is -4.34.